The van der Waals surface area contributed by atoms with Gasteiger partial charge in [-0.3, -0.25) is 9.59 Å². The molecule has 0 heterocycles. The van der Waals surface area contributed by atoms with Gasteiger partial charge >= 0.3 is 5.97 Å². The number of carbonyl (C=O) groups is 2. The highest BCUT2D eigenvalue weighted by Crippen LogP contribution is 2.30. The van der Waals surface area contributed by atoms with Crippen molar-refractivity contribution in [1.82, 2.24) is 0 Å². The first kappa shape index (κ1) is 14.0. The molecular formula is C17H13BrO3. The molecule has 0 aliphatic heterocycles. The zero-order valence-corrected chi connectivity index (χ0v) is 12.8. The SMILES string of the molecule is O=C(OCc1ccccc1)C1Cc2ccc(Br)cc2C1=O. The van der Waals surface area contributed by atoms with Crippen molar-refractivity contribution in [2.75, 3.05) is 0 Å². The van der Waals surface area contributed by atoms with Gasteiger partial charge < -0.3 is 4.74 Å². The molecule has 1 atom stereocenters. The third-order valence-electron chi connectivity index (χ3n) is 3.59. The summed E-state index contributed by atoms with van der Waals surface area (Å²) in [6.45, 7) is 0.198. The summed E-state index contributed by atoms with van der Waals surface area (Å²) in [5, 5.41) is 0. The van der Waals surface area contributed by atoms with Crippen LogP contribution in [-0.2, 0) is 22.6 Å². The van der Waals surface area contributed by atoms with E-state index in [2.05, 4.69) is 15.9 Å². The second kappa shape index (κ2) is 5.82. The fourth-order valence-corrected chi connectivity index (χ4v) is 2.84. The van der Waals surface area contributed by atoms with Crippen LogP contribution in [0.15, 0.2) is 53.0 Å². The number of fused-ring (bicyclic) bond motifs is 1. The maximum Gasteiger partial charge on any atom is 0.317 e. The minimum absolute atomic E-state index is 0.149. The molecule has 21 heavy (non-hydrogen) atoms. The van der Waals surface area contributed by atoms with E-state index in [-0.39, 0.29) is 12.4 Å². The molecule has 106 valence electrons. The molecule has 0 amide bonds. The molecule has 2 aromatic rings. The smallest absolute Gasteiger partial charge is 0.317 e. The van der Waals surface area contributed by atoms with E-state index in [1.165, 1.54) is 0 Å². The Morgan fingerprint density at radius 1 is 1.19 bits per heavy atom. The molecule has 3 nitrogen and oxygen atoms in total. The summed E-state index contributed by atoms with van der Waals surface area (Å²) in [5.41, 5.74) is 2.44. The number of ketones is 1. The van der Waals surface area contributed by atoms with Crippen LogP contribution in [0, 0.1) is 5.92 Å². The molecule has 0 saturated carbocycles. The zero-order chi connectivity index (χ0) is 14.8. The molecule has 1 unspecified atom stereocenters. The molecule has 3 rings (SSSR count). The second-order valence-electron chi connectivity index (χ2n) is 5.02. The van der Waals surface area contributed by atoms with Crippen LogP contribution < -0.4 is 0 Å². The van der Waals surface area contributed by atoms with Crippen LogP contribution in [0.3, 0.4) is 0 Å². The van der Waals surface area contributed by atoms with Crippen molar-refractivity contribution in [2.24, 2.45) is 5.92 Å². The fraction of sp³-hybridized carbons (Fsp3) is 0.176. The largest absolute Gasteiger partial charge is 0.460 e. The van der Waals surface area contributed by atoms with Gasteiger partial charge in [0, 0.05) is 10.0 Å². The monoisotopic (exact) mass is 344 g/mol. The van der Waals surface area contributed by atoms with Crippen LogP contribution in [0.2, 0.25) is 0 Å². The topological polar surface area (TPSA) is 43.4 Å². The first-order chi connectivity index (χ1) is 10.1. The van der Waals surface area contributed by atoms with Gasteiger partial charge in [0.1, 0.15) is 12.5 Å². The molecule has 0 fully saturated rings. The van der Waals surface area contributed by atoms with Crippen LogP contribution in [0.4, 0.5) is 0 Å². The minimum atomic E-state index is -0.710. The van der Waals surface area contributed by atoms with Crippen LogP contribution in [0.25, 0.3) is 0 Å². The molecule has 0 radical (unpaired) electrons. The molecule has 0 saturated heterocycles. The van der Waals surface area contributed by atoms with E-state index in [4.69, 9.17) is 4.74 Å². The van der Waals surface area contributed by atoms with E-state index in [0.717, 1.165) is 15.6 Å². The number of benzene rings is 2. The highest BCUT2D eigenvalue weighted by atomic mass is 79.9. The van der Waals surface area contributed by atoms with Crippen molar-refractivity contribution >= 4 is 27.7 Å². The third kappa shape index (κ3) is 2.90. The summed E-state index contributed by atoms with van der Waals surface area (Å²) in [7, 11) is 0. The Labute approximate surface area is 131 Å². The normalized spacial score (nSPS) is 16.6. The Morgan fingerprint density at radius 3 is 2.71 bits per heavy atom. The highest BCUT2D eigenvalue weighted by Gasteiger charge is 2.36. The Kier molecular flexibility index (Phi) is 3.88. The Balaban J connectivity index is 1.68. The first-order valence-electron chi connectivity index (χ1n) is 6.68. The number of Topliss-reactive ketones (excluding diaryl/α,β-unsaturated/α-hetero) is 1. The van der Waals surface area contributed by atoms with Crippen molar-refractivity contribution in [3.05, 3.63) is 69.7 Å². The van der Waals surface area contributed by atoms with Gasteiger partial charge in [0.25, 0.3) is 0 Å². The lowest BCUT2D eigenvalue weighted by Gasteiger charge is -2.08. The molecule has 1 aliphatic rings. The van der Waals surface area contributed by atoms with Crippen molar-refractivity contribution in [1.29, 1.82) is 0 Å². The lowest BCUT2D eigenvalue weighted by Crippen LogP contribution is -2.23. The van der Waals surface area contributed by atoms with Gasteiger partial charge in [0.15, 0.2) is 5.78 Å². The van der Waals surface area contributed by atoms with Crippen LogP contribution >= 0.6 is 15.9 Å². The predicted octanol–water partition coefficient (Wildman–Crippen LogP) is 3.55. The quantitative estimate of drug-likeness (QED) is 0.631. The second-order valence-corrected chi connectivity index (χ2v) is 5.93. The molecule has 0 bridgehead atoms. The number of halogens is 1. The standard InChI is InChI=1S/C17H13BrO3/c18-13-7-6-12-8-15(16(19)14(12)9-13)17(20)21-10-11-4-2-1-3-5-11/h1-7,9,15H,8,10H2. The zero-order valence-electron chi connectivity index (χ0n) is 11.2. The average molecular weight is 345 g/mol. The molecule has 1 aliphatic carbocycles. The van der Waals surface area contributed by atoms with E-state index in [1.54, 1.807) is 6.07 Å². The lowest BCUT2D eigenvalue weighted by atomic mass is 10.1. The van der Waals surface area contributed by atoms with E-state index in [0.29, 0.717) is 12.0 Å². The van der Waals surface area contributed by atoms with Crippen LogP contribution in [0.5, 0.6) is 0 Å². The van der Waals surface area contributed by atoms with Gasteiger partial charge in [-0.15, -0.1) is 0 Å². The van der Waals surface area contributed by atoms with Gasteiger partial charge in [-0.1, -0.05) is 52.3 Å². The first-order valence-corrected chi connectivity index (χ1v) is 7.47. The van der Waals surface area contributed by atoms with E-state index in [9.17, 15) is 9.59 Å². The highest BCUT2D eigenvalue weighted by molar-refractivity contribution is 9.10. The van der Waals surface area contributed by atoms with Crippen molar-refractivity contribution in [3.63, 3.8) is 0 Å². The fourth-order valence-electron chi connectivity index (χ4n) is 2.48. The lowest BCUT2D eigenvalue weighted by molar-refractivity contribution is -0.147. The summed E-state index contributed by atoms with van der Waals surface area (Å²) in [6.07, 6.45) is 0.426. The van der Waals surface area contributed by atoms with Crippen molar-refractivity contribution in [2.45, 2.75) is 13.0 Å². The number of carbonyl (C=O) groups excluding carboxylic acids is 2. The van der Waals surface area contributed by atoms with Gasteiger partial charge in [-0.2, -0.15) is 0 Å². The van der Waals surface area contributed by atoms with Crippen LogP contribution in [0.1, 0.15) is 21.5 Å². The Morgan fingerprint density at radius 2 is 1.95 bits per heavy atom. The third-order valence-corrected chi connectivity index (χ3v) is 4.08. The van der Waals surface area contributed by atoms with Gasteiger partial charge in [0.05, 0.1) is 0 Å². The molecule has 0 N–H and O–H groups in total. The molecule has 0 aromatic heterocycles. The molecule has 0 spiro atoms. The van der Waals surface area contributed by atoms with Crippen molar-refractivity contribution < 1.29 is 14.3 Å². The summed E-state index contributed by atoms with van der Waals surface area (Å²) < 4.78 is 6.11. The molecular weight excluding hydrogens is 332 g/mol. The Hall–Kier alpha value is -1.94. The summed E-state index contributed by atoms with van der Waals surface area (Å²) in [6, 6.07) is 15.0. The molecule has 4 heteroatoms. The van der Waals surface area contributed by atoms with E-state index >= 15 is 0 Å². The predicted molar refractivity (Wildman–Crippen MR) is 81.9 cm³/mol. The number of hydrogen-bond donors (Lipinski definition) is 0. The molecule has 2 aromatic carbocycles. The van der Waals surface area contributed by atoms with Gasteiger partial charge in [0.2, 0.25) is 0 Å². The summed E-state index contributed by atoms with van der Waals surface area (Å²) in [4.78, 5) is 24.4. The number of esters is 1. The van der Waals surface area contributed by atoms with Crippen molar-refractivity contribution in [3.8, 4) is 0 Å². The minimum Gasteiger partial charge on any atom is -0.460 e. The summed E-state index contributed by atoms with van der Waals surface area (Å²) >= 11 is 3.34. The Bertz CT molecular complexity index is 694. The average Bonchev–Trinajstić information content (AvgIpc) is 2.83. The number of rotatable bonds is 3. The number of ether oxygens (including phenoxy) is 1. The van der Waals surface area contributed by atoms with Gasteiger partial charge in [-0.05, 0) is 29.7 Å². The maximum absolute atomic E-state index is 12.3. The van der Waals surface area contributed by atoms with E-state index in [1.807, 2.05) is 42.5 Å². The maximum atomic E-state index is 12.3. The van der Waals surface area contributed by atoms with E-state index < -0.39 is 11.9 Å². The van der Waals surface area contributed by atoms with Crippen LogP contribution in [-0.4, -0.2) is 11.8 Å². The summed E-state index contributed by atoms with van der Waals surface area (Å²) in [5.74, 6) is -1.31. The number of hydrogen-bond acceptors (Lipinski definition) is 3. The van der Waals surface area contributed by atoms with Gasteiger partial charge in [-0.25, -0.2) is 0 Å².